The molecule has 0 aliphatic rings. The molecule has 0 saturated carbocycles. The predicted molar refractivity (Wildman–Crippen MR) is 69.2 cm³/mol. The summed E-state index contributed by atoms with van der Waals surface area (Å²) in [5.74, 6) is -0.784. The van der Waals surface area contributed by atoms with Crippen LogP contribution in [0.5, 0.6) is 5.75 Å². The first-order valence-corrected chi connectivity index (χ1v) is 6.04. The highest BCUT2D eigenvalue weighted by molar-refractivity contribution is 14.1. The number of alkyl halides is 3. The summed E-state index contributed by atoms with van der Waals surface area (Å²) < 4.78 is 41.8. The standard InChI is InChI=1S/C11H6F3IN2O2/c12-11(13,14)19-8-2-1-5-17(10(8)18)7-3-4-9(15)16-6-7/h1-6H. The van der Waals surface area contributed by atoms with Crippen LogP contribution in [-0.4, -0.2) is 15.9 Å². The Labute approximate surface area is 119 Å². The van der Waals surface area contributed by atoms with Gasteiger partial charge in [0.2, 0.25) is 0 Å². The molecule has 0 radical (unpaired) electrons. The minimum atomic E-state index is -4.90. The van der Waals surface area contributed by atoms with Crippen molar-refractivity contribution in [2.75, 3.05) is 0 Å². The van der Waals surface area contributed by atoms with E-state index in [1.807, 2.05) is 22.6 Å². The van der Waals surface area contributed by atoms with Crippen LogP contribution in [0.3, 0.4) is 0 Å². The fraction of sp³-hybridized carbons (Fsp3) is 0.0909. The van der Waals surface area contributed by atoms with Crippen LogP contribution < -0.4 is 10.3 Å². The van der Waals surface area contributed by atoms with E-state index in [1.54, 1.807) is 12.1 Å². The van der Waals surface area contributed by atoms with Crippen molar-refractivity contribution >= 4 is 22.6 Å². The molecule has 0 bridgehead atoms. The van der Waals surface area contributed by atoms with Gasteiger partial charge in [0, 0.05) is 6.20 Å². The zero-order chi connectivity index (χ0) is 14.0. The van der Waals surface area contributed by atoms with Gasteiger partial charge >= 0.3 is 6.36 Å². The predicted octanol–water partition coefficient (Wildman–Crippen LogP) is 2.74. The summed E-state index contributed by atoms with van der Waals surface area (Å²) in [5, 5.41) is 0. The van der Waals surface area contributed by atoms with Crippen LogP contribution in [0.2, 0.25) is 0 Å². The van der Waals surface area contributed by atoms with Crippen molar-refractivity contribution in [3.05, 3.63) is 50.7 Å². The van der Waals surface area contributed by atoms with E-state index in [4.69, 9.17) is 0 Å². The van der Waals surface area contributed by atoms with E-state index in [0.29, 0.717) is 9.39 Å². The van der Waals surface area contributed by atoms with E-state index < -0.39 is 17.7 Å². The summed E-state index contributed by atoms with van der Waals surface area (Å²) in [5.41, 5.74) is -0.541. The molecule has 0 N–H and O–H groups in total. The zero-order valence-corrected chi connectivity index (χ0v) is 11.3. The van der Waals surface area contributed by atoms with Crippen molar-refractivity contribution in [3.8, 4) is 11.4 Å². The third kappa shape index (κ3) is 3.46. The van der Waals surface area contributed by atoms with Crippen molar-refractivity contribution < 1.29 is 17.9 Å². The molecular weight excluding hydrogens is 376 g/mol. The highest BCUT2D eigenvalue weighted by Crippen LogP contribution is 2.19. The molecule has 2 aromatic heterocycles. The van der Waals surface area contributed by atoms with E-state index in [9.17, 15) is 18.0 Å². The first-order chi connectivity index (χ1) is 8.87. The second kappa shape index (κ2) is 5.19. The fourth-order valence-electron chi connectivity index (χ4n) is 1.39. The first kappa shape index (κ1) is 13.8. The van der Waals surface area contributed by atoms with Gasteiger partial charge in [-0.2, -0.15) is 0 Å². The van der Waals surface area contributed by atoms with Gasteiger partial charge in [0.15, 0.2) is 5.75 Å². The molecule has 0 spiro atoms. The molecule has 0 saturated heterocycles. The summed E-state index contributed by atoms with van der Waals surface area (Å²) in [6.45, 7) is 0. The molecule has 2 aromatic rings. The summed E-state index contributed by atoms with van der Waals surface area (Å²) in [7, 11) is 0. The number of aromatic nitrogens is 2. The van der Waals surface area contributed by atoms with Crippen LogP contribution in [0, 0.1) is 3.70 Å². The topological polar surface area (TPSA) is 44.1 Å². The maximum atomic E-state index is 12.1. The Balaban J connectivity index is 2.46. The molecule has 0 aliphatic carbocycles. The molecule has 100 valence electrons. The number of ether oxygens (including phenoxy) is 1. The lowest BCUT2D eigenvalue weighted by Crippen LogP contribution is -2.26. The first-order valence-electron chi connectivity index (χ1n) is 4.96. The summed E-state index contributed by atoms with van der Waals surface area (Å²) in [4.78, 5) is 15.8. The van der Waals surface area contributed by atoms with Crippen molar-refractivity contribution in [1.29, 1.82) is 0 Å². The van der Waals surface area contributed by atoms with Gasteiger partial charge in [0.05, 0.1) is 11.9 Å². The molecule has 19 heavy (non-hydrogen) atoms. The highest BCUT2D eigenvalue weighted by Gasteiger charge is 2.32. The lowest BCUT2D eigenvalue weighted by atomic mass is 10.3. The third-order valence-corrected chi connectivity index (χ3v) is 2.77. The van der Waals surface area contributed by atoms with Crippen LogP contribution in [0.4, 0.5) is 13.2 Å². The van der Waals surface area contributed by atoms with Gasteiger partial charge in [-0.1, -0.05) is 0 Å². The molecule has 8 heteroatoms. The Morgan fingerprint density at radius 1 is 1.26 bits per heavy atom. The van der Waals surface area contributed by atoms with Crippen LogP contribution in [-0.2, 0) is 0 Å². The molecule has 2 rings (SSSR count). The van der Waals surface area contributed by atoms with Crippen molar-refractivity contribution in [2.24, 2.45) is 0 Å². The number of pyridine rings is 2. The number of hydrogen-bond donors (Lipinski definition) is 0. The Kier molecular flexibility index (Phi) is 3.78. The largest absolute Gasteiger partial charge is 0.573 e. The monoisotopic (exact) mass is 382 g/mol. The summed E-state index contributed by atoms with van der Waals surface area (Å²) >= 11 is 1.98. The maximum absolute atomic E-state index is 12.1. The van der Waals surface area contributed by atoms with Gasteiger partial charge in [-0.25, -0.2) is 4.98 Å². The lowest BCUT2D eigenvalue weighted by molar-refractivity contribution is -0.275. The molecule has 0 unspecified atom stereocenters. The van der Waals surface area contributed by atoms with Crippen LogP contribution in [0.15, 0.2) is 41.5 Å². The third-order valence-electron chi connectivity index (χ3n) is 2.13. The van der Waals surface area contributed by atoms with Gasteiger partial charge in [-0.3, -0.25) is 9.36 Å². The van der Waals surface area contributed by atoms with Gasteiger partial charge < -0.3 is 4.74 Å². The number of hydrogen-bond acceptors (Lipinski definition) is 3. The van der Waals surface area contributed by atoms with Crippen LogP contribution in [0.1, 0.15) is 0 Å². The minimum absolute atomic E-state index is 0.359. The summed E-state index contributed by atoms with van der Waals surface area (Å²) in [6, 6.07) is 5.47. The molecular formula is C11H6F3IN2O2. The maximum Gasteiger partial charge on any atom is 0.573 e. The average molecular weight is 382 g/mol. The zero-order valence-electron chi connectivity index (χ0n) is 9.19. The van der Waals surface area contributed by atoms with Crippen molar-refractivity contribution in [2.45, 2.75) is 6.36 Å². The lowest BCUT2D eigenvalue weighted by Gasteiger charge is -2.10. The Morgan fingerprint density at radius 2 is 2.00 bits per heavy atom. The molecule has 0 aromatic carbocycles. The van der Waals surface area contributed by atoms with Crippen molar-refractivity contribution in [1.82, 2.24) is 9.55 Å². The second-order valence-electron chi connectivity index (χ2n) is 3.43. The highest BCUT2D eigenvalue weighted by atomic mass is 127. The molecule has 0 amide bonds. The minimum Gasteiger partial charge on any atom is -0.400 e. The van der Waals surface area contributed by atoms with Gasteiger partial charge in [0.1, 0.15) is 3.70 Å². The summed E-state index contributed by atoms with van der Waals surface area (Å²) in [6.07, 6.45) is -2.17. The van der Waals surface area contributed by atoms with Gasteiger partial charge in [0.25, 0.3) is 5.56 Å². The number of nitrogens with zero attached hydrogens (tertiary/aromatic N) is 2. The Morgan fingerprint density at radius 3 is 2.58 bits per heavy atom. The van der Waals surface area contributed by atoms with E-state index in [0.717, 1.165) is 10.6 Å². The van der Waals surface area contributed by atoms with E-state index in [2.05, 4.69) is 9.72 Å². The van der Waals surface area contributed by atoms with E-state index >= 15 is 0 Å². The van der Waals surface area contributed by atoms with Crippen LogP contribution in [0.25, 0.3) is 5.69 Å². The SMILES string of the molecule is O=c1c(OC(F)(F)F)cccn1-c1ccc(I)nc1. The van der Waals surface area contributed by atoms with Crippen LogP contribution >= 0.6 is 22.6 Å². The molecule has 0 aliphatic heterocycles. The van der Waals surface area contributed by atoms with E-state index in [1.165, 1.54) is 18.5 Å². The molecule has 0 fully saturated rings. The molecule has 0 atom stereocenters. The average Bonchev–Trinajstić information content (AvgIpc) is 2.32. The number of halogens is 4. The van der Waals surface area contributed by atoms with Gasteiger partial charge in [-0.05, 0) is 46.9 Å². The molecule has 2 heterocycles. The Bertz CT molecular complexity index is 638. The number of rotatable bonds is 2. The van der Waals surface area contributed by atoms with Crippen molar-refractivity contribution in [3.63, 3.8) is 0 Å². The fourth-order valence-corrected chi connectivity index (χ4v) is 1.71. The quantitative estimate of drug-likeness (QED) is 0.593. The van der Waals surface area contributed by atoms with Gasteiger partial charge in [-0.15, -0.1) is 13.2 Å². The molecule has 4 nitrogen and oxygen atoms in total. The Hall–Kier alpha value is -1.58. The smallest absolute Gasteiger partial charge is 0.400 e. The second-order valence-corrected chi connectivity index (χ2v) is 4.54. The normalized spacial score (nSPS) is 11.4. The van der Waals surface area contributed by atoms with E-state index in [-0.39, 0.29) is 0 Å².